The second kappa shape index (κ2) is 6.02. The maximum Gasteiger partial charge on any atom is 1.00 e. The largest absolute Gasteiger partial charge is 1.00 e. The van der Waals surface area contributed by atoms with Crippen molar-refractivity contribution in [2.75, 3.05) is 6.61 Å². The smallest absolute Gasteiger partial charge is 0.445 e. The van der Waals surface area contributed by atoms with Gasteiger partial charge in [0.15, 0.2) is 0 Å². The van der Waals surface area contributed by atoms with E-state index in [0.717, 1.165) is 30.5 Å². The van der Waals surface area contributed by atoms with Gasteiger partial charge in [0, 0.05) is 6.61 Å². The van der Waals surface area contributed by atoms with Crippen molar-refractivity contribution in [2.24, 2.45) is 0 Å². The van der Waals surface area contributed by atoms with Crippen LogP contribution in [0.15, 0.2) is 24.3 Å². The summed E-state index contributed by atoms with van der Waals surface area (Å²) in [5.41, 5.74) is 0.299. The molecule has 0 N–H and O–H groups in total. The summed E-state index contributed by atoms with van der Waals surface area (Å²) in [5, 5.41) is 0. The Morgan fingerprint density at radius 2 is 1.75 bits per heavy atom. The van der Waals surface area contributed by atoms with E-state index < -0.39 is 12.4 Å². The SMILES string of the molecule is F[B-](F)(F)c1ccc(C2CCCO2)cc1.[K+]. The fourth-order valence-electron chi connectivity index (χ4n) is 1.77. The Bertz CT molecular complexity index is 333. The molecule has 1 unspecified atom stereocenters. The third kappa shape index (κ3) is 3.58. The Morgan fingerprint density at radius 1 is 1.12 bits per heavy atom. The number of benzene rings is 1. The third-order valence-electron chi connectivity index (χ3n) is 2.62. The van der Waals surface area contributed by atoms with Crippen molar-refractivity contribution in [3.63, 3.8) is 0 Å². The summed E-state index contributed by atoms with van der Waals surface area (Å²) in [5.74, 6) is 0. The van der Waals surface area contributed by atoms with Gasteiger partial charge in [0.25, 0.3) is 0 Å². The van der Waals surface area contributed by atoms with Gasteiger partial charge < -0.3 is 17.7 Å². The van der Waals surface area contributed by atoms with E-state index in [-0.39, 0.29) is 57.5 Å². The first-order valence-electron chi connectivity index (χ1n) is 4.99. The van der Waals surface area contributed by atoms with Gasteiger partial charge in [-0.2, -0.15) is 0 Å². The molecule has 1 atom stereocenters. The van der Waals surface area contributed by atoms with Crippen molar-refractivity contribution in [1.29, 1.82) is 0 Å². The average Bonchev–Trinajstić information content (AvgIpc) is 2.69. The van der Waals surface area contributed by atoms with Crippen molar-refractivity contribution < 1.29 is 69.1 Å². The van der Waals surface area contributed by atoms with Crippen LogP contribution in [0.4, 0.5) is 12.9 Å². The zero-order valence-corrected chi connectivity index (χ0v) is 12.3. The van der Waals surface area contributed by atoms with Crippen molar-refractivity contribution in [2.45, 2.75) is 18.9 Å². The van der Waals surface area contributed by atoms with Crippen molar-refractivity contribution >= 4 is 12.4 Å². The molecule has 1 aromatic carbocycles. The Morgan fingerprint density at radius 3 is 2.19 bits per heavy atom. The van der Waals surface area contributed by atoms with E-state index in [2.05, 4.69) is 0 Å². The van der Waals surface area contributed by atoms with Crippen molar-refractivity contribution in [3.05, 3.63) is 29.8 Å². The molecule has 1 fully saturated rings. The standard InChI is InChI=1S/C10H11BF3O.K/c12-11(13,14)9-5-3-8(4-6-9)10-2-1-7-15-10;/h3-6,10H,1-2,7H2;/q-1;+1. The molecule has 82 valence electrons. The predicted molar refractivity (Wildman–Crippen MR) is 53.1 cm³/mol. The fraction of sp³-hybridized carbons (Fsp3) is 0.400. The van der Waals surface area contributed by atoms with E-state index in [1.807, 2.05) is 0 Å². The number of halogens is 3. The Labute approximate surface area is 135 Å². The molecule has 0 spiro atoms. The molecule has 0 aliphatic carbocycles. The molecule has 0 saturated carbocycles. The van der Waals surface area contributed by atoms with Crippen LogP contribution in [0, 0.1) is 0 Å². The van der Waals surface area contributed by atoms with Gasteiger partial charge in [-0.25, -0.2) is 0 Å². The molecule has 1 aliphatic rings. The minimum Gasteiger partial charge on any atom is -0.445 e. The number of hydrogen-bond donors (Lipinski definition) is 0. The van der Waals surface area contributed by atoms with Crippen LogP contribution in [0.25, 0.3) is 0 Å². The van der Waals surface area contributed by atoms with Crippen LogP contribution < -0.4 is 56.8 Å². The summed E-state index contributed by atoms with van der Waals surface area (Å²) in [6.45, 7) is -4.17. The molecule has 2 rings (SSSR count). The van der Waals surface area contributed by atoms with Crippen LogP contribution in [0.1, 0.15) is 24.5 Å². The molecule has 16 heavy (non-hydrogen) atoms. The summed E-state index contributed by atoms with van der Waals surface area (Å²) in [6.07, 6.45) is 1.87. The zero-order valence-electron chi connectivity index (χ0n) is 9.13. The topological polar surface area (TPSA) is 9.23 Å². The second-order valence-corrected chi connectivity index (χ2v) is 3.74. The first-order valence-corrected chi connectivity index (χ1v) is 4.99. The van der Waals surface area contributed by atoms with Crippen LogP contribution in [0.5, 0.6) is 0 Å². The molecule has 1 saturated heterocycles. The third-order valence-corrected chi connectivity index (χ3v) is 2.62. The normalized spacial score (nSPS) is 20.6. The molecule has 1 aromatic rings. The molecule has 1 nitrogen and oxygen atoms in total. The first kappa shape index (κ1) is 14.7. The van der Waals surface area contributed by atoms with Crippen LogP contribution in [-0.2, 0) is 4.74 Å². The molecule has 0 radical (unpaired) electrons. The summed E-state index contributed by atoms with van der Waals surface area (Å²) in [4.78, 5) is 0. The zero-order chi connectivity index (χ0) is 10.9. The van der Waals surface area contributed by atoms with Gasteiger partial charge in [-0.3, -0.25) is 0 Å². The minimum absolute atomic E-state index is 0. The minimum atomic E-state index is -4.88. The molecule has 0 bridgehead atoms. The Balaban J connectivity index is 0.00000128. The number of rotatable bonds is 2. The van der Waals surface area contributed by atoms with Crippen LogP contribution in [0.3, 0.4) is 0 Å². The molecular weight excluding hydrogens is 243 g/mol. The maximum atomic E-state index is 12.3. The van der Waals surface area contributed by atoms with Gasteiger partial charge in [-0.05, 0) is 18.4 Å². The maximum absolute atomic E-state index is 12.3. The molecule has 1 aliphatic heterocycles. The molecule has 6 heteroatoms. The molecule has 0 aromatic heterocycles. The second-order valence-electron chi connectivity index (χ2n) is 3.74. The van der Waals surface area contributed by atoms with Crippen LogP contribution >= 0.6 is 0 Å². The predicted octanol–water partition coefficient (Wildman–Crippen LogP) is -0.404. The quantitative estimate of drug-likeness (QED) is 0.652. The summed E-state index contributed by atoms with van der Waals surface area (Å²) < 4.78 is 42.4. The van der Waals surface area contributed by atoms with Crippen molar-refractivity contribution in [1.82, 2.24) is 0 Å². The molecule has 0 amide bonds. The first-order chi connectivity index (χ1) is 7.07. The van der Waals surface area contributed by atoms with Gasteiger partial charge in [-0.15, -0.1) is 5.46 Å². The van der Waals surface area contributed by atoms with Gasteiger partial charge in [0.2, 0.25) is 0 Å². The summed E-state index contributed by atoms with van der Waals surface area (Å²) in [7, 11) is 0. The Kier molecular flexibility index (Phi) is 5.54. The van der Waals surface area contributed by atoms with Gasteiger partial charge in [0.05, 0.1) is 6.10 Å². The van der Waals surface area contributed by atoms with Gasteiger partial charge >= 0.3 is 58.4 Å². The van der Waals surface area contributed by atoms with E-state index >= 15 is 0 Å². The van der Waals surface area contributed by atoms with E-state index in [4.69, 9.17) is 4.74 Å². The average molecular weight is 254 g/mol. The Hall–Kier alpha value is 0.671. The van der Waals surface area contributed by atoms with Crippen LogP contribution in [0.2, 0.25) is 0 Å². The van der Waals surface area contributed by atoms with Crippen molar-refractivity contribution in [3.8, 4) is 0 Å². The number of ether oxygens (including phenoxy) is 1. The number of hydrogen-bond acceptors (Lipinski definition) is 1. The van der Waals surface area contributed by atoms with E-state index in [0.29, 0.717) is 6.61 Å². The monoisotopic (exact) mass is 254 g/mol. The van der Waals surface area contributed by atoms with E-state index in [1.54, 1.807) is 0 Å². The van der Waals surface area contributed by atoms with Crippen LogP contribution in [-0.4, -0.2) is 13.6 Å². The van der Waals surface area contributed by atoms with E-state index in [1.165, 1.54) is 12.1 Å². The van der Waals surface area contributed by atoms with E-state index in [9.17, 15) is 12.9 Å². The molecule has 1 heterocycles. The summed E-state index contributed by atoms with van der Waals surface area (Å²) in [6, 6.07) is 5.30. The van der Waals surface area contributed by atoms with Gasteiger partial charge in [0.1, 0.15) is 0 Å². The fourth-order valence-corrected chi connectivity index (χ4v) is 1.77. The molecular formula is C10H11BF3KO. The van der Waals surface area contributed by atoms with Gasteiger partial charge in [-0.1, -0.05) is 24.3 Å². The summed E-state index contributed by atoms with van der Waals surface area (Å²) >= 11 is 0.